The van der Waals surface area contributed by atoms with E-state index in [1.165, 1.54) is 5.19 Å². The van der Waals surface area contributed by atoms with Crippen molar-refractivity contribution in [2.75, 3.05) is 0 Å². The van der Waals surface area contributed by atoms with Gasteiger partial charge in [-0.2, -0.15) is 0 Å². The zero-order valence-corrected chi connectivity index (χ0v) is 26.6. The maximum Gasteiger partial charge on any atom is 2.00 e. The Morgan fingerprint density at radius 3 is 1.33 bits per heavy atom. The van der Waals surface area contributed by atoms with E-state index < -0.39 is 28.0 Å². The third kappa shape index (κ3) is 5.79. The van der Waals surface area contributed by atoms with Crippen LogP contribution in [0.1, 0.15) is 62.3 Å². The zero-order chi connectivity index (χ0) is 23.4. The molecule has 0 aliphatic carbocycles. The average molecular weight is 562 g/mol. The first-order chi connectivity index (χ1) is 13.4. The van der Waals surface area contributed by atoms with Gasteiger partial charge in [0.2, 0.25) is 11.8 Å². The summed E-state index contributed by atoms with van der Waals surface area (Å²) in [4.78, 5) is 25.6. The Kier molecular flexibility index (Phi) is 11.5. The maximum absolute atomic E-state index is 12.9. The minimum atomic E-state index is -2.29. The SMILES string of the molecule is CC(C)(C)[Si](C)(C)c1c(C(N)=O)c(C(N)=O)c2ccccc2c1[Si](C)(C)C(C)(C)C.[Cl-].[Cl-].[Ti+2]. The molecule has 2 aromatic rings. The van der Waals surface area contributed by atoms with Crippen LogP contribution < -0.4 is 46.7 Å². The van der Waals surface area contributed by atoms with Crippen molar-refractivity contribution in [3.63, 3.8) is 0 Å². The van der Waals surface area contributed by atoms with Crippen molar-refractivity contribution in [2.45, 2.75) is 77.8 Å². The summed E-state index contributed by atoms with van der Waals surface area (Å²) in [6.07, 6.45) is 0. The topological polar surface area (TPSA) is 86.2 Å². The van der Waals surface area contributed by atoms with Crippen LogP contribution in [-0.4, -0.2) is 28.0 Å². The standard InChI is InChI=1S/C24H38N2O2Si2.2ClH.Ti/c1-23(2,3)29(7,8)19-16-14-12-11-13-15(16)17(21(25)27)18(22(26)28)20(19)30(9,10)24(4,5)6;;;/h11-14H,1-10H3,(H2,25,27)(H2,26,28);2*1H;/q;;;+2/p-2. The van der Waals surface area contributed by atoms with Crippen molar-refractivity contribution >= 4 is 49.1 Å². The van der Waals surface area contributed by atoms with Crippen LogP contribution in [0.15, 0.2) is 24.3 Å². The molecule has 0 saturated heterocycles. The number of carbonyl (C=O) groups excluding carboxylic acids is 2. The normalized spacial score (nSPS) is 12.3. The van der Waals surface area contributed by atoms with Crippen LogP contribution >= 0.6 is 0 Å². The summed E-state index contributed by atoms with van der Waals surface area (Å²) in [5, 5.41) is 4.06. The maximum atomic E-state index is 12.9. The number of fused-ring (bicyclic) bond motifs is 1. The average Bonchev–Trinajstić information content (AvgIpc) is 2.56. The van der Waals surface area contributed by atoms with Crippen molar-refractivity contribution in [1.82, 2.24) is 0 Å². The van der Waals surface area contributed by atoms with Crippen LogP contribution in [0.25, 0.3) is 10.8 Å². The molecule has 0 radical (unpaired) electrons. The van der Waals surface area contributed by atoms with Crippen molar-refractivity contribution in [2.24, 2.45) is 11.5 Å². The summed E-state index contributed by atoms with van der Waals surface area (Å²) in [7, 11) is -4.43. The predicted octanol–water partition coefficient (Wildman–Crippen LogP) is -1.53. The Morgan fingerprint density at radius 2 is 1.00 bits per heavy atom. The van der Waals surface area contributed by atoms with Crippen LogP contribution in [0.3, 0.4) is 0 Å². The van der Waals surface area contributed by atoms with E-state index in [2.05, 4.69) is 73.8 Å². The number of primary amides is 2. The molecule has 182 valence electrons. The molecule has 0 saturated carbocycles. The summed E-state index contributed by atoms with van der Waals surface area (Å²) in [6, 6.07) is 7.87. The number of nitrogens with two attached hydrogens (primary N) is 2. The Bertz CT molecular complexity index is 1040. The zero-order valence-electron chi connectivity index (χ0n) is 21.5. The van der Waals surface area contributed by atoms with E-state index in [1.807, 2.05) is 18.2 Å². The Labute approximate surface area is 228 Å². The molecule has 0 spiro atoms. The Hall–Kier alpha value is -0.632. The van der Waals surface area contributed by atoms with E-state index in [4.69, 9.17) is 11.5 Å². The minimum absolute atomic E-state index is 0. The fourth-order valence-corrected chi connectivity index (χ4v) is 10.6. The molecular formula is C24H38Cl2N2O2Si2Ti. The van der Waals surface area contributed by atoms with Gasteiger partial charge in [0.05, 0.1) is 27.3 Å². The quantitative estimate of drug-likeness (QED) is 0.445. The molecule has 0 fully saturated rings. The van der Waals surface area contributed by atoms with Gasteiger partial charge in [-0.25, -0.2) is 0 Å². The summed E-state index contributed by atoms with van der Waals surface area (Å²) in [6.45, 7) is 22.8. The minimum Gasteiger partial charge on any atom is -1.00 e. The summed E-state index contributed by atoms with van der Waals surface area (Å²) in [5.74, 6) is -1.16. The molecule has 0 aliphatic heterocycles. The van der Waals surface area contributed by atoms with Crippen LogP contribution in [-0.2, 0) is 21.7 Å². The molecule has 0 aliphatic rings. The fourth-order valence-electron chi connectivity index (χ4n) is 3.96. The van der Waals surface area contributed by atoms with Crippen molar-refractivity contribution in [3.8, 4) is 0 Å². The number of rotatable bonds is 4. The number of benzene rings is 2. The van der Waals surface area contributed by atoms with Crippen LogP contribution in [0.4, 0.5) is 0 Å². The fraction of sp³-hybridized carbons (Fsp3) is 0.500. The van der Waals surface area contributed by atoms with Gasteiger partial charge in [0, 0.05) is 0 Å². The van der Waals surface area contributed by atoms with Gasteiger partial charge in [-0.1, -0.05) is 97.2 Å². The first-order valence-electron chi connectivity index (χ1n) is 10.6. The van der Waals surface area contributed by atoms with E-state index in [0.717, 1.165) is 16.0 Å². The van der Waals surface area contributed by atoms with Gasteiger partial charge in [0.25, 0.3) is 0 Å². The van der Waals surface area contributed by atoms with Gasteiger partial charge in [0.15, 0.2) is 0 Å². The number of hydrogen-bond acceptors (Lipinski definition) is 2. The second-order valence-electron chi connectivity index (χ2n) is 11.5. The van der Waals surface area contributed by atoms with Crippen molar-refractivity contribution in [3.05, 3.63) is 35.4 Å². The van der Waals surface area contributed by atoms with E-state index in [0.29, 0.717) is 5.56 Å². The molecular weight excluding hydrogens is 523 g/mol. The van der Waals surface area contributed by atoms with E-state index >= 15 is 0 Å². The second-order valence-corrected chi connectivity index (χ2v) is 22.0. The van der Waals surface area contributed by atoms with Gasteiger partial charge >= 0.3 is 21.7 Å². The largest absolute Gasteiger partial charge is 2.00 e. The van der Waals surface area contributed by atoms with E-state index in [9.17, 15) is 9.59 Å². The molecule has 9 heteroatoms. The van der Waals surface area contributed by atoms with Gasteiger partial charge < -0.3 is 36.3 Å². The predicted molar refractivity (Wildman–Crippen MR) is 135 cm³/mol. The van der Waals surface area contributed by atoms with Gasteiger partial charge in [-0.05, 0) is 26.0 Å². The molecule has 33 heavy (non-hydrogen) atoms. The number of halogens is 2. The molecule has 2 amide bonds. The summed E-state index contributed by atoms with van der Waals surface area (Å²) in [5.41, 5.74) is 12.5. The van der Waals surface area contributed by atoms with Gasteiger partial charge in [-0.3, -0.25) is 9.59 Å². The number of hydrogen-bond donors (Lipinski definition) is 2. The Balaban J connectivity index is 0. The first-order valence-corrected chi connectivity index (χ1v) is 16.6. The number of amides is 2. The molecule has 2 rings (SSSR count). The van der Waals surface area contributed by atoms with E-state index in [1.54, 1.807) is 0 Å². The van der Waals surface area contributed by atoms with Crippen molar-refractivity contribution in [1.29, 1.82) is 0 Å². The van der Waals surface area contributed by atoms with Crippen LogP contribution in [0.5, 0.6) is 0 Å². The number of carbonyl (C=O) groups is 2. The first kappa shape index (κ1) is 34.5. The van der Waals surface area contributed by atoms with Crippen LogP contribution in [0, 0.1) is 0 Å². The molecule has 4 nitrogen and oxygen atoms in total. The third-order valence-electron chi connectivity index (χ3n) is 7.71. The van der Waals surface area contributed by atoms with Gasteiger partial charge in [0.1, 0.15) is 0 Å². The molecule has 0 bridgehead atoms. The summed E-state index contributed by atoms with van der Waals surface area (Å²) < 4.78 is 0. The molecule has 4 N–H and O–H groups in total. The molecule has 2 aromatic carbocycles. The summed E-state index contributed by atoms with van der Waals surface area (Å²) >= 11 is 0. The molecule has 0 atom stereocenters. The molecule has 0 aromatic heterocycles. The Morgan fingerprint density at radius 1 is 0.667 bits per heavy atom. The van der Waals surface area contributed by atoms with Crippen LogP contribution in [0.2, 0.25) is 36.3 Å². The monoisotopic (exact) mass is 560 g/mol. The molecule has 0 unspecified atom stereocenters. The van der Waals surface area contributed by atoms with E-state index in [-0.39, 0.29) is 62.2 Å². The smallest absolute Gasteiger partial charge is 1.00 e. The molecule has 0 heterocycles. The third-order valence-corrected chi connectivity index (χ3v) is 19.0. The van der Waals surface area contributed by atoms with Crippen molar-refractivity contribution < 1.29 is 56.1 Å². The second kappa shape index (κ2) is 11.0. The van der Waals surface area contributed by atoms with Gasteiger partial charge in [-0.15, -0.1) is 0 Å².